The topological polar surface area (TPSA) is 96.7 Å². The minimum Gasteiger partial charge on any atom is -0.390 e. The van der Waals surface area contributed by atoms with Crippen LogP contribution in [0.1, 0.15) is 31.9 Å². The highest BCUT2D eigenvalue weighted by atomic mass is 16.6. The average molecular weight is 426 g/mol. The lowest BCUT2D eigenvalue weighted by Crippen LogP contribution is -2.61. The summed E-state index contributed by atoms with van der Waals surface area (Å²) >= 11 is 0. The molecule has 1 aliphatic rings. The summed E-state index contributed by atoms with van der Waals surface area (Å²) in [4.78, 5) is 2.95. The molecule has 0 radical (unpaired) electrons. The minimum absolute atomic E-state index is 0.251. The number of ether oxygens (including phenoxy) is 3. The lowest BCUT2D eigenvalue weighted by atomic mass is 9.79. The van der Waals surface area contributed by atoms with Crippen LogP contribution in [0.25, 0.3) is 10.4 Å². The van der Waals surface area contributed by atoms with Crippen LogP contribution in [0.15, 0.2) is 65.8 Å². The lowest BCUT2D eigenvalue weighted by Gasteiger charge is -2.47. The first kappa shape index (κ1) is 23.3. The van der Waals surface area contributed by atoms with E-state index in [0.717, 1.165) is 11.1 Å². The van der Waals surface area contributed by atoms with Gasteiger partial charge >= 0.3 is 0 Å². The molecule has 0 aromatic heterocycles. The molecule has 7 nitrogen and oxygen atoms in total. The van der Waals surface area contributed by atoms with Gasteiger partial charge in [0.15, 0.2) is 0 Å². The fourth-order valence-corrected chi connectivity index (χ4v) is 3.82. The molecule has 166 valence electrons. The van der Waals surface area contributed by atoms with Crippen LogP contribution >= 0.6 is 0 Å². The van der Waals surface area contributed by atoms with Crippen molar-refractivity contribution in [1.29, 1.82) is 0 Å². The Morgan fingerprint density at radius 1 is 1.00 bits per heavy atom. The monoisotopic (exact) mass is 425 g/mol. The van der Waals surface area contributed by atoms with Gasteiger partial charge in [0, 0.05) is 4.91 Å². The van der Waals surface area contributed by atoms with E-state index in [-0.39, 0.29) is 12.0 Å². The molecule has 0 spiro atoms. The van der Waals surface area contributed by atoms with E-state index in [2.05, 4.69) is 10.0 Å². The number of azide groups is 1. The van der Waals surface area contributed by atoms with Gasteiger partial charge in [-0.05, 0) is 22.1 Å². The van der Waals surface area contributed by atoms with Crippen molar-refractivity contribution in [3.8, 4) is 0 Å². The van der Waals surface area contributed by atoms with E-state index >= 15 is 0 Å². The quantitative estimate of drug-likeness (QED) is 0.378. The Morgan fingerprint density at radius 2 is 1.58 bits per heavy atom. The van der Waals surface area contributed by atoms with Crippen molar-refractivity contribution in [3.05, 3.63) is 82.2 Å². The molecule has 5 atom stereocenters. The molecule has 0 aliphatic carbocycles. The highest BCUT2D eigenvalue weighted by molar-refractivity contribution is 5.14. The van der Waals surface area contributed by atoms with Crippen LogP contribution in [0, 0.1) is 5.41 Å². The normalized spacial score (nSPS) is 26.3. The maximum Gasteiger partial charge on any atom is 0.113 e. The Bertz CT molecular complexity index is 850. The smallest absolute Gasteiger partial charge is 0.113 e. The zero-order valence-electron chi connectivity index (χ0n) is 18.3. The molecule has 2 aromatic carbocycles. The Labute approximate surface area is 183 Å². The van der Waals surface area contributed by atoms with Crippen LogP contribution in [-0.4, -0.2) is 42.2 Å². The zero-order chi connectivity index (χ0) is 22.3. The second-order valence-electron chi connectivity index (χ2n) is 8.91. The number of nitrogens with zero attached hydrogens (tertiary/aromatic N) is 3. The summed E-state index contributed by atoms with van der Waals surface area (Å²) in [5, 5.41) is 15.0. The van der Waals surface area contributed by atoms with Gasteiger partial charge in [-0.1, -0.05) is 86.5 Å². The molecular weight excluding hydrogens is 394 g/mol. The van der Waals surface area contributed by atoms with Crippen LogP contribution in [0.5, 0.6) is 0 Å². The van der Waals surface area contributed by atoms with Gasteiger partial charge in [-0.15, -0.1) is 0 Å². The average Bonchev–Trinajstić information content (AvgIpc) is 2.75. The van der Waals surface area contributed by atoms with Gasteiger partial charge in [0.25, 0.3) is 0 Å². The maximum absolute atomic E-state index is 11.1. The first-order chi connectivity index (χ1) is 14.9. The number of aliphatic hydroxyl groups is 1. The van der Waals surface area contributed by atoms with Crippen LogP contribution in [0.4, 0.5) is 0 Å². The summed E-state index contributed by atoms with van der Waals surface area (Å²) < 4.78 is 18.4. The number of hydrogen-bond acceptors (Lipinski definition) is 5. The van der Waals surface area contributed by atoms with E-state index in [1.807, 2.05) is 81.4 Å². The predicted molar refractivity (Wildman–Crippen MR) is 118 cm³/mol. The van der Waals surface area contributed by atoms with E-state index in [1.165, 1.54) is 0 Å². The summed E-state index contributed by atoms with van der Waals surface area (Å²) in [6.45, 7) is 6.99. The molecule has 1 heterocycles. The third-order valence-corrected chi connectivity index (χ3v) is 5.40. The number of rotatable bonds is 8. The first-order valence-electron chi connectivity index (χ1n) is 10.5. The molecule has 1 aliphatic heterocycles. The number of benzene rings is 2. The number of hydrogen-bond donors (Lipinski definition) is 1. The van der Waals surface area contributed by atoms with Crippen molar-refractivity contribution >= 4 is 0 Å². The van der Waals surface area contributed by atoms with Crippen molar-refractivity contribution in [1.82, 2.24) is 0 Å². The Morgan fingerprint density at radius 3 is 2.13 bits per heavy atom. The highest BCUT2D eigenvalue weighted by Crippen LogP contribution is 2.36. The molecule has 2 aromatic rings. The fraction of sp³-hybridized carbons (Fsp3) is 0.500. The van der Waals surface area contributed by atoms with Crippen molar-refractivity contribution in [2.45, 2.75) is 64.4 Å². The number of aliphatic hydroxyl groups excluding tert-OH is 1. The molecule has 0 bridgehead atoms. The molecule has 7 heteroatoms. The first-order valence-corrected chi connectivity index (χ1v) is 10.5. The minimum atomic E-state index is -1.01. The Balaban J connectivity index is 1.76. The molecule has 0 saturated carbocycles. The molecule has 1 N–H and O–H groups in total. The van der Waals surface area contributed by atoms with E-state index < -0.39 is 30.5 Å². The molecule has 31 heavy (non-hydrogen) atoms. The lowest BCUT2D eigenvalue weighted by molar-refractivity contribution is -0.232. The second-order valence-corrected chi connectivity index (χ2v) is 8.91. The summed E-state index contributed by atoms with van der Waals surface area (Å²) in [6, 6.07) is 18.9. The summed E-state index contributed by atoms with van der Waals surface area (Å²) in [6.07, 6.45) is -2.68. The van der Waals surface area contributed by atoms with Crippen molar-refractivity contribution in [2.75, 3.05) is 6.61 Å². The van der Waals surface area contributed by atoms with E-state index in [1.54, 1.807) is 0 Å². The third kappa shape index (κ3) is 6.29. The van der Waals surface area contributed by atoms with Crippen molar-refractivity contribution in [2.24, 2.45) is 10.5 Å². The van der Waals surface area contributed by atoms with Crippen LogP contribution in [-0.2, 0) is 27.4 Å². The predicted octanol–water partition coefficient (Wildman–Crippen LogP) is 4.64. The van der Waals surface area contributed by atoms with Gasteiger partial charge in [0.2, 0.25) is 0 Å². The summed E-state index contributed by atoms with van der Waals surface area (Å²) in [7, 11) is 0. The van der Waals surface area contributed by atoms with Crippen LogP contribution < -0.4 is 0 Å². The maximum atomic E-state index is 11.1. The Hall–Kier alpha value is -2.41. The molecule has 0 amide bonds. The van der Waals surface area contributed by atoms with Crippen LogP contribution in [0.2, 0.25) is 0 Å². The van der Waals surface area contributed by atoms with E-state index in [0.29, 0.717) is 13.2 Å². The van der Waals surface area contributed by atoms with E-state index in [4.69, 9.17) is 19.7 Å². The molecule has 1 saturated heterocycles. The fourth-order valence-electron chi connectivity index (χ4n) is 3.82. The highest BCUT2D eigenvalue weighted by Gasteiger charge is 2.49. The molecule has 3 rings (SSSR count). The third-order valence-electron chi connectivity index (χ3n) is 5.40. The molecule has 3 unspecified atom stereocenters. The van der Waals surface area contributed by atoms with Gasteiger partial charge in [-0.25, -0.2) is 0 Å². The SMILES string of the molecule is CC(C)(C)[C@@H]1OC(COCc2ccccc2)[C@@H](OCc2ccccc2)C(O)C1N=[N+]=[N-]. The van der Waals surface area contributed by atoms with Crippen molar-refractivity contribution < 1.29 is 19.3 Å². The van der Waals surface area contributed by atoms with Gasteiger partial charge in [0.1, 0.15) is 12.2 Å². The van der Waals surface area contributed by atoms with Gasteiger partial charge in [0.05, 0.1) is 38.1 Å². The van der Waals surface area contributed by atoms with Gasteiger partial charge in [-0.3, -0.25) is 0 Å². The molecular formula is C24H31N3O4. The second kappa shape index (κ2) is 10.8. The van der Waals surface area contributed by atoms with Crippen molar-refractivity contribution in [3.63, 3.8) is 0 Å². The Kier molecular flexibility index (Phi) is 8.07. The van der Waals surface area contributed by atoms with Gasteiger partial charge in [-0.2, -0.15) is 0 Å². The van der Waals surface area contributed by atoms with Crippen LogP contribution in [0.3, 0.4) is 0 Å². The zero-order valence-corrected chi connectivity index (χ0v) is 18.3. The summed E-state index contributed by atoms with van der Waals surface area (Å²) in [5.74, 6) is 0. The standard InChI is InChI=1S/C24H31N3O4/c1-24(2,3)23-20(26-27-25)21(28)22(30-15-18-12-8-5-9-13-18)19(31-23)16-29-14-17-10-6-4-7-11-17/h4-13,19-23,28H,14-16H2,1-3H3/t19?,20?,21?,22-,23-/m1/s1. The van der Waals surface area contributed by atoms with E-state index in [9.17, 15) is 5.11 Å². The molecule has 1 fully saturated rings. The largest absolute Gasteiger partial charge is 0.390 e. The summed E-state index contributed by atoms with van der Waals surface area (Å²) in [5.41, 5.74) is 10.8. The van der Waals surface area contributed by atoms with Gasteiger partial charge < -0.3 is 19.3 Å².